The second-order valence-corrected chi connectivity index (χ2v) is 17.6. The third kappa shape index (κ3) is 9.35. The van der Waals surface area contributed by atoms with Gasteiger partial charge in [0.05, 0.1) is 27.7 Å². The molecule has 5 amide bonds. The number of likely N-dealkylation sites (tertiary alicyclic amines) is 1. The maximum Gasteiger partial charge on any atom is 0.408 e. The van der Waals surface area contributed by atoms with Gasteiger partial charge in [-0.3, -0.25) is 23.9 Å². The van der Waals surface area contributed by atoms with Crippen molar-refractivity contribution in [3.63, 3.8) is 0 Å². The number of thiophene rings is 1. The molecule has 1 aromatic carbocycles. The summed E-state index contributed by atoms with van der Waals surface area (Å²) in [7, 11) is -3.95. The molecule has 1 saturated heterocycles. The molecule has 3 heterocycles. The first kappa shape index (κ1) is 41.8. The minimum Gasteiger partial charge on any atom is -0.471 e. The molecule has 56 heavy (non-hydrogen) atoms. The number of amides is 5. The molecule has 5 atom stereocenters. The first-order valence-corrected chi connectivity index (χ1v) is 20.1. The summed E-state index contributed by atoms with van der Waals surface area (Å²) in [6, 6.07) is 8.25. The Labute approximate surface area is 329 Å². The number of carbonyl (C=O) groups is 5. The number of nitrogens with zero attached hydrogens (tertiary/aromatic N) is 3. The Hall–Kier alpha value is -5.36. The number of hydrogen-bond acceptors (Lipinski definition) is 12. The van der Waals surface area contributed by atoms with Crippen LogP contribution in [0.2, 0.25) is 0 Å². The first-order chi connectivity index (χ1) is 26.0. The average Bonchev–Trinajstić information content (AvgIpc) is 4.00. The van der Waals surface area contributed by atoms with Gasteiger partial charge in [0.25, 0.3) is 5.91 Å². The number of carbonyl (C=O) groups excluding carboxylic acids is 5. The SMILES string of the molecule is C.C=CC(=O)NC[C@H](NC(=O)OC(C)(C)C)C(=O)N1C[C@H](Oc2nc3ccccc3nc2-c2cccs2)C[C@H]1C(=O)N[C@]1(C(=O)NS(=O)(=O)C2CC2)C[C@H]1C=C. The van der Waals surface area contributed by atoms with Crippen molar-refractivity contribution < 1.29 is 41.9 Å². The Kier molecular flexibility index (Phi) is 12.2. The first-order valence-electron chi connectivity index (χ1n) is 17.7. The number of sulfonamides is 1. The van der Waals surface area contributed by atoms with Crippen LogP contribution < -0.4 is 25.4 Å². The Bertz CT molecular complexity index is 2130. The van der Waals surface area contributed by atoms with Gasteiger partial charge in [-0.05, 0) is 69.7 Å². The lowest BCUT2D eigenvalue weighted by Crippen LogP contribution is -2.59. The van der Waals surface area contributed by atoms with Crippen LogP contribution in [0, 0.1) is 5.92 Å². The van der Waals surface area contributed by atoms with Crippen LogP contribution in [0.25, 0.3) is 21.6 Å². The van der Waals surface area contributed by atoms with Crippen LogP contribution in [0.4, 0.5) is 4.79 Å². The molecular weight excluding hydrogens is 763 g/mol. The van der Waals surface area contributed by atoms with Crippen LogP contribution in [0.15, 0.2) is 67.1 Å². The molecular formula is C38H47N7O9S2. The zero-order valence-corrected chi connectivity index (χ0v) is 32.2. The van der Waals surface area contributed by atoms with Gasteiger partial charge in [0.15, 0.2) is 0 Å². The molecule has 3 fully saturated rings. The summed E-state index contributed by atoms with van der Waals surface area (Å²) in [5, 5.41) is 8.94. The van der Waals surface area contributed by atoms with Crippen molar-refractivity contribution in [2.24, 2.45) is 5.92 Å². The molecule has 0 bridgehead atoms. The van der Waals surface area contributed by atoms with E-state index in [1.54, 1.807) is 32.9 Å². The van der Waals surface area contributed by atoms with Gasteiger partial charge in [0.1, 0.15) is 35.0 Å². The summed E-state index contributed by atoms with van der Waals surface area (Å²) < 4.78 is 39.4. The van der Waals surface area contributed by atoms with E-state index in [1.807, 2.05) is 29.6 Å². The number of para-hydroxylation sites is 2. The molecule has 2 aliphatic carbocycles. The number of fused-ring (bicyclic) bond motifs is 1. The summed E-state index contributed by atoms with van der Waals surface area (Å²) in [6.07, 6.45) is 1.50. The second kappa shape index (κ2) is 16.4. The van der Waals surface area contributed by atoms with Crippen molar-refractivity contribution in [2.45, 2.75) is 88.5 Å². The Balaban J connectivity index is 0.00000600. The zero-order valence-electron chi connectivity index (χ0n) is 30.6. The van der Waals surface area contributed by atoms with E-state index < -0.39 is 80.2 Å². The lowest BCUT2D eigenvalue weighted by molar-refractivity contribution is -0.141. The molecule has 4 N–H and O–H groups in total. The normalized spacial score (nSPS) is 22.1. The van der Waals surface area contributed by atoms with Crippen LogP contribution in [0.5, 0.6) is 5.88 Å². The van der Waals surface area contributed by atoms with E-state index in [9.17, 15) is 32.4 Å². The molecule has 0 spiro atoms. The predicted octanol–water partition coefficient (Wildman–Crippen LogP) is 3.21. The molecule has 3 aromatic rings. The smallest absolute Gasteiger partial charge is 0.408 e. The summed E-state index contributed by atoms with van der Waals surface area (Å²) >= 11 is 1.42. The largest absolute Gasteiger partial charge is 0.471 e. The summed E-state index contributed by atoms with van der Waals surface area (Å²) in [5.74, 6) is -3.47. The van der Waals surface area contributed by atoms with Crippen molar-refractivity contribution in [3.8, 4) is 16.5 Å². The van der Waals surface area contributed by atoms with Gasteiger partial charge in [-0.1, -0.05) is 38.3 Å². The van der Waals surface area contributed by atoms with Crippen LogP contribution >= 0.6 is 11.3 Å². The highest BCUT2D eigenvalue weighted by atomic mass is 32.2. The highest BCUT2D eigenvalue weighted by Gasteiger charge is 2.62. The van der Waals surface area contributed by atoms with Crippen molar-refractivity contribution >= 4 is 62.1 Å². The van der Waals surface area contributed by atoms with Gasteiger partial charge >= 0.3 is 6.09 Å². The average molecular weight is 810 g/mol. The van der Waals surface area contributed by atoms with Gasteiger partial charge in [-0.25, -0.2) is 23.2 Å². The Morgan fingerprint density at radius 1 is 1.07 bits per heavy atom. The van der Waals surface area contributed by atoms with E-state index in [0.717, 1.165) is 11.0 Å². The van der Waals surface area contributed by atoms with E-state index in [0.29, 0.717) is 29.6 Å². The van der Waals surface area contributed by atoms with E-state index in [1.165, 1.54) is 22.3 Å². The number of ether oxygens (including phenoxy) is 2. The van der Waals surface area contributed by atoms with Crippen molar-refractivity contribution in [1.82, 2.24) is 35.5 Å². The maximum absolute atomic E-state index is 14.4. The molecule has 16 nitrogen and oxygen atoms in total. The molecule has 1 aliphatic heterocycles. The summed E-state index contributed by atoms with van der Waals surface area (Å²) in [5.41, 5.74) is -0.917. The number of aromatic nitrogens is 2. The number of benzene rings is 1. The van der Waals surface area contributed by atoms with Crippen molar-refractivity contribution in [3.05, 3.63) is 67.1 Å². The second-order valence-electron chi connectivity index (χ2n) is 14.7. The van der Waals surface area contributed by atoms with Gasteiger partial charge in [0.2, 0.25) is 33.6 Å². The lowest BCUT2D eigenvalue weighted by atomic mass is 10.1. The van der Waals surface area contributed by atoms with Crippen molar-refractivity contribution in [1.29, 1.82) is 0 Å². The standard InChI is InChI=1S/C37H43N7O9S2.CH4/c1-6-21-18-37(21,34(48)43-55(50,51)23-14-15-23)42-31(46)27-17-22(52-32-30(28-13-10-16-54-28)39-24-11-8-9-12-25(24)40-32)20-44(27)33(47)26(19-38-29(45)7-2)41-35(49)53-36(3,4)5;/h6-13,16,21-23,26-27H,1-2,14-15,17-20H2,3-5H3,(H,38,45)(H,41,49)(H,42,46)(H,43,48);1H4/t21-,22-,26+,27+,37-;/m1./s1. The number of rotatable bonds is 14. The fourth-order valence-corrected chi connectivity index (χ4v) is 8.39. The lowest BCUT2D eigenvalue weighted by Gasteiger charge is -2.30. The van der Waals surface area contributed by atoms with Crippen LogP contribution in [-0.2, 0) is 33.9 Å². The number of alkyl carbamates (subject to hydrolysis) is 1. The summed E-state index contributed by atoms with van der Waals surface area (Å²) in [4.78, 5) is 78.9. The highest BCUT2D eigenvalue weighted by Crippen LogP contribution is 2.45. The molecule has 6 rings (SSSR count). The summed E-state index contributed by atoms with van der Waals surface area (Å²) in [6.45, 7) is 11.5. The zero-order chi connectivity index (χ0) is 39.7. The fraction of sp³-hybridized carbons (Fsp3) is 0.447. The van der Waals surface area contributed by atoms with Crippen LogP contribution in [0.3, 0.4) is 0 Å². The third-order valence-electron chi connectivity index (χ3n) is 9.32. The Morgan fingerprint density at radius 2 is 1.77 bits per heavy atom. The minimum atomic E-state index is -3.95. The van der Waals surface area contributed by atoms with Crippen LogP contribution in [0.1, 0.15) is 53.9 Å². The quantitative estimate of drug-likeness (QED) is 0.137. The monoisotopic (exact) mass is 809 g/mol. The molecule has 0 unspecified atom stereocenters. The molecule has 18 heteroatoms. The third-order valence-corrected chi connectivity index (χ3v) is 12.0. The van der Waals surface area contributed by atoms with E-state index in [-0.39, 0.29) is 39.2 Å². The van der Waals surface area contributed by atoms with Crippen LogP contribution in [-0.4, -0.2) is 101 Å². The van der Waals surface area contributed by atoms with E-state index in [2.05, 4.69) is 33.8 Å². The van der Waals surface area contributed by atoms with E-state index in [4.69, 9.17) is 19.4 Å². The molecule has 300 valence electrons. The van der Waals surface area contributed by atoms with E-state index >= 15 is 0 Å². The predicted molar refractivity (Wildman–Crippen MR) is 210 cm³/mol. The number of nitrogens with one attached hydrogen (secondary N) is 4. The molecule has 2 saturated carbocycles. The van der Waals surface area contributed by atoms with Gasteiger partial charge in [0, 0.05) is 18.9 Å². The topological polar surface area (TPSA) is 215 Å². The van der Waals surface area contributed by atoms with Gasteiger partial charge in [-0.2, -0.15) is 0 Å². The van der Waals surface area contributed by atoms with Gasteiger partial charge in [-0.15, -0.1) is 17.9 Å². The fourth-order valence-electron chi connectivity index (χ4n) is 6.32. The maximum atomic E-state index is 14.4. The molecule has 2 aromatic heterocycles. The molecule has 0 radical (unpaired) electrons. The molecule has 3 aliphatic rings. The number of hydrogen-bond donors (Lipinski definition) is 4. The highest BCUT2D eigenvalue weighted by molar-refractivity contribution is 7.91. The van der Waals surface area contributed by atoms with Gasteiger partial charge < -0.3 is 30.3 Å². The van der Waals surface area contributed by atoms with Crippen molar-refractivity contribution in [2.75, 3.05) is 13.1 Å². The minimum absolute atomic E-state index is 0. The Morgan fingerprint density at radius 3 is 2.36 bits per heavy atom.